The summed E-state index contributed by atoms with van der Waals surface area (Å²) in [5.74, 6) is 0. The fraction of sp³-hybridized carbons (Fsp3) is 0.462. The van der Waals surface area contributed by atoms with Crippen LogP contribution in [0.1, 0.15) is 31.7 Å². The van der Waals surface area contributed by atoms with Gasteiger partial charge in [0.15, 0.2) is 0 Å². The van der Waals surface area contributed by atoms with Crippen LogP contribution in [-0.4, -0.2) is 12.4 Å². The van der Waals surface area contributed by atoms with Crippen LogP contribution in [0.15, 0.2) is 30.3 Å². The molecule has 0 radical (unpaired) electrons. The molecular formula is C13H16O2. The molecule has 1 aliphatic heterocycles. The normalized spacial score (nSPS) is 30.3. The molecule has 2 unspecified atom stereocenters. The number of hydrogen-bond donors (Lipinski definition) is 0. The number of carbonyl (C=O) groups is 1. The summed E-state index contributed by atoms with van der Waals surface area (Å²) in [5, 5.41) is 0. The molecule has 1 saturated heterocycles. The Balaban J connectivity index is 2.28. The minimum Gasteiger partial charge on any atom is -0.360 e. The van der Waals surface area contributed by atoms with E-state index in [-0.39, 0.29) is 11.7 Å². The number of hydrogen-bond acceptors (Lipinski definition) is 2. The lowest BCUT2D eigenvalue weighted by molar-refractivity contribution is -0.123. The summed E-state index contributed by atoms with van der Waals surface area (Å²) in [4.78, 5) is 10.7. The predicted octanol–water partition coefficient (Wildman–Crippen LogP) is 2.67. The lowest BCUT2D eigenvalue weighted by Crippen LogP contribution is -2.25. The summed E-state index contributed by atoms with van der Waals surface area (Å²) in [7, 11) is 0. The van der Waals surface area contributed by atoms with E-state index in [9.17, 15) is 4.79 Å². The Morgan fingerprint density at radius 1 is 1.47 bits per heavy atom. The number of aldehydes is 1. The van der Waals surface area contributed by atoms with Crippen molar-refractivity contribution >= 4 is 6.29 Å². The Morgan fingerprint density at radius 2 is 2.20 bits per heavy atom. The molecule has 2 atom stereocenters. The van der Waals surface area contributed by atoms with Gasteiger partial charge in [0.05, 0.1) is 5.60 Å². The first kappa shape index (κ1) is 10.4. The lowest BCUT2D eigenvalue weighted by Gasteiger charge is -2.28. The molecule has 0 bridgehead atoms. The predicted molar refractivity (Wildman–Crippen MR) is 58.6 cm³/mol. The van der Waals surface area contributed by atoms with Crippen LogP contribution in [0.5, 0.6) is 0 Å². The molecule has 15 heavy (non-hydrogen) atoms. The molecule has 0 aromatic heterocycles. The van der Waals surface area contributed by atoms with Gasteiger partial charge in [-0.15, -0.1) is 0 Å². The van der Waals surface area contributed by atoms with Gasteiger partial charge in [0.2, 0.25) is 0 Å². The third-order valence-electron chi connectivity index (χ3n) is 3.23. The zero-order valence-corrected chi connectivity index (χ0v) is 8.98. The quantitative estimate of drug-likeness (QED) is 0.707. The molecule has 0 saturated carbocycles. The van der Waals surface area contributed by atoms with Gasteiger partial charge in [-0.3, -0.25) is 0 Å². The zero-order chi connectivity index (χ0) is 10.7. The monoisotopic (exact) mass is 204 g/mol. The van der Waals surface area contributed by atoms with E-state index in [1.807, 2.05) is 18.2 Å². The van der Waals surface area contributed by atoms with Crippen LogP contribution >= 0.6 is 0 Å². The second kappa shape index (κ2) is 4.15. The van der Waals surface area contributed by atoms with E-state index in [1.54, 1.807) is 0 Å². The third kappa shape index (κ3) is 1.82. The second-order valence-electron chi connectivity index (χ2n) is 4.04. The highest BCUT2D eigenvalue weighted by atomic mass is 16.5. The van der Waals surface area contributed by atoms with Gasteiger partial charge in [-0.05, 0) is 24.8 Å². The van der Waals surface area contributed by atoms with Gasteiger partial charge in [0.1, 0.15) is 12.4 Å². The zero-order valence-electron chi connectivity index (χ0n) is 8.98. The summed E-state index contributed by atoms with van der Waals surface area (Å²) < 4.78 is 5.87. The molecule has 1 heterocycles. The summed E-state index contributed by atoms with van der Waals surface area (Å²) in [6, 6.07) is 10.2. The highest BCUT2D eigenvalue weighted by Crippen LogP contribution is 2.41. The van der Waals surface area contributed by atoms with E-state index < -0.39 is 0 Å². The molecule has 2 rings (SSSR count). The molecule has 1 aromatic rings. The molecule has 0 aliphatic carbocycles. The molecule has 80 valence electrons. The minimum absolute atomic E-state index is 0.217. The van der Waals surface area contributed by atoms with Crippen molar-refractivity contribution in [3.05, 3.63) is 35.9 Å². The smallest absolute Gasteiger partial charge is 0.148 e. The average molecular weight is 204 g/mol. The van der Waals surface area contributed by atoms with Gasteiger partial charge in [0.25, 0.3) is 0 Å². The van der Waals surface area contributed by atoms with Crippen molar-refractivity contribution in [3.63, 3.8) is 0 Å². The maximum atomic E-state index is 10.7. The summed E-state index contributed by atoms with van der Waals surface area (Å²) in [6.45, 7) is 2.11. The largest absolute Gasteiger partial charge is 0.360 e. The van der Waals surface area contributed by atoms with E-state index in [0.717, 1.165) is 25.5 Å². The Kier molecular flexibility index (Phi) is 2.87. The molecule has 2 heteroatoms. The van der Waals surface area contributed by atoms with Crippen LogP contribution < -0.4 is 0 Å². The van der Waals surface area contributed by atoms with E-state index in [4.69, 9.17) is 4.74 Å². The average Bonchev–Trinajstić information content (AvgIpc) is 2.75. The van der Waals surface area contributed by atoms with E-state index in [0.29, 0.717) is 0 Å². The topological polar surface area (TPSA) is 26.3 Å². The SMILES string of the molecule is CCC1(c2ccccc2)CCC(C=O)O1. The molecular weight excluding hydrogens is 188 g/mol. The molecule has 0 amide bonds. The van der Waals surface area contributed by atoms with Crippen molar-refractivity contribution in [1.82, 2.24) is 0 Å². The van der Waals surface area contributed by atoms with Gasteiger partial charge in [-0.1, -0.05) is 37.3 Å². The number of benzene rings is 1. The molecule has 1 aliphatic rings. The first-order chi connectivity index (χ1) is 7.30. The van der Waals surface area contributed by atoms with Gasteiger partial charge >= 0.3 is 0 Å². The highest BCUT2D eigenvalue weighted by Gasteiger charge is 2.39. The van der Waals surface area contributed by atoms with E-state index in [2.05, 4.69) is 19.1 Å². The Hall–Kier alpha value is -1.15. The van der Waals surface area contributed by atoms with Crippen molar-refractivity contribution in [2.75, 3.05) is 0 Å². The molecule has 1 aromatic carbocycles. The standard InChI is InChI=1S/C13H16O2/c1-2-13(9-8-12(10-14)15-13)11-6-4-3-5-7-11/h3-7,10,12H,2,8-9H2,1H3. The first-order valence-electron chi connectivity index (χ1n) is 5.49. The van der Waals surface area contributed by atoms with E-state index in [1.165, 1.54) is 5.56 Å². The van der Waals surface area contributed by atoms with Crippen LogP contribution in [0.25, 0.3) is 0 Å². The van der Waals surface area contributed by atoms with Crippen molar-refractivity contribution in [3.8, 4) is 0 Å². The fourth-order valence-corrected chi connectivity index (χ4v) is 2.30. The third-order valence-corrected chi connectivity index (χ3v) is 3.23. The van der Waals surface area contributed by atoms with Crippen LogP contribution in [0, 0.1) is 0 Å². The molecule has 0 spiro atoms. The fourth-order valence-electron chi connectivity index (χ4n) is 2.30. The van der Waals surface area contributed by atoms with Crippen molar-refractivity contribution in [1.29, 1.82) is 0 Å². The first-order valence-corrected chi connectivity index (χ1v) is 5.49. The van der Waals surface area contributed by atoms with Gasteiger partial charge < -0.3 is 9.53 Å². The number of rotatable bonds is 3. The second-order valence-corrected chi connectivity index (χ2v) is 4.04. The maximum Gasteiger partial charge on any atom is 0.148 e. The van der Waals surface area contributed by atoms with Crippen LogP contribution in [0.3, 0.4) is 0 Å². The Bertz CT molecular complexity index is 334. The number of ether oxygens (including phenoxy) is 1. The van der Waals surface area contributed by atoms with E-state index >= 15 is 0 Å². The summed E-state index contributed by atoms with van der Waals surface area (Å²) >= 11 is 0. The van der Waals surface area contributed by atoms with Crippen LogP contribution in [-0.2, 0) is 15.1 Å². The van der Waals surface area contributed by atoms with Gasteiger partial charge in [-0.25, -0.2) is 0 Å². The lowest BCUT2D eigenvalue weighted by atomic mass is 9.88. The van der Waals surface area contributed by atoms with Crippen molar-refractivity contribution < 1.29 is 9.53 Å². The molecule has 1 fully saturated rings. The van der Waals surface area contributed by atoms with Crippen LogP contribution in [0.2, 0.25) is 0 Å². The van der Waals surface area contributed by atoms with Gasteiger partial charge in [0, 0.05) is 0 Å². The highest BCUT2D eigenvalue weighted by molar-refractivity contribution is 5.56. The summed E-state index contributed by atoms with van der Waals surface area (Å²) in [6.07, 6.45) is 3.40. The molecule has 2 nitrogen and oxygen atoms in total. The molecule has 0 N–H and O–H groups in total. The Morgan fingerprint density at radius 3 is 2.73 bits per heavy atom. The van der Waals surface area contributed by atoms with Crippen molar-refractivity contribution in [2.45, 2.75) is 37.9 Å². The Labute approximate surface area is 90.3 Å². The van der Waals surface area contributed by atoms with Crippen molar-refractivity contribution in [2.24, 2.45) is 0 Å². The van der Waals surface area contributed by atoms with Crippen LogP contribution in [0.4, 0.5) is 0 Å². The summed E-state index contributed by atoms with van der Waals surface area (Å²) in [5.41, 5.74) is 0.962. The number of carbonyl (C=O) groups excluding carboxylic acids is 1. The van der Waals surface area contributed by atoms with Gasteiger partial charge in [-0.2, -0.15) is 0 Å². The minimum atomic E-state index is -0.229. The maximum absolute atomic E-state index is 10.7.